The Morgan fingerprint density at radius 2 is 1.81 bits per heavy atom. The standard InChI is InChI=1S/C14H10N2O4S/c15-9-10-6-7-13(21(16,18)19)12(8-10)20-14(17)11-4-2-1-3-5-11/h1-8H,(H2,16,18,19). The average molecular weight is 302 g/mol. The molecule has 0 saturated carbocycles. The molecule has 2 rings (SSSR count). The van der Waals surface area contributed by atoms with Crippen molar-refractivity contribution in [3.8, 4) is 11.8 Å². The van der Waals surface area contributed by atoms with Crippen molar-refractivity contribution >= 4 is 16.0 Å². The summed E-state index contributed by atoms with van der Waals surface area (Å²) in [6, 6.07) is 13.4. The largest absolute Gasteiger partial charge is 0.421 e. The number of nitriles is 1. The molecule has 2 aromatic carbocycles. The van der Waals surface area contributed by atoms with Gasteiger partial charge in [0.05, 0.1) is 17.2 Å². The third-order valence-electron chi connectivity index (χ3n) is 2.59. The molecule has 0 radical (unpaired) electrons. The fourth-order valence-corrected chi connectivity index (χ4v) is 2.26. The minimum absolute atomic E-state index is 0.151. The molecule has 0 heterocycles. The van der Waals surface area contributed by atoms with Crippen LogP contribution in [0.2, 0.25) is 0 Å². The zero-order valence-electron chi connectivity index (χ0n) is 10.7. The van der Waals surface area contributed by atoms with Gasteiger partial charge in [-0.3, -0.25) is 0 Å². The number of sulfonamides is 1. The number of primary sulfonamides is 1. The van der Waals surface area contributed by atoms with Crippen molar-refractivity contribution < 1.29 is 17.9 Å². The van der Waals surface area contributed by atoms with Gasteiger partial charge in [0.25, 0.3) is 0 Å². The van der Waals surface area contributed by atoms with E-state index in [0.717, 1.165) is 12.1 Å². The first-order chi connectivity index (χ1) is 9.91. The van der Waals surface area contributed by atoms with Crippen LogP contribution in [0.4, 0.5) is 0 Å². The Balaban J connectivity index is 2.44. The minimum atomic E-state index is -4.07. The molecule has 0 aliphatic rings. The van der Waals surface area contributed by atoms with Gasteiger partial charge in [-0.1, -0.05) is 18.2 Å². The minimum Gasteiger partial charge on any atom is -0.421 e. The van der Waals surface area contributed by atoms with Crippen LogP contribution in [0.1, 0.15) is 15.9 Å². The van der Waals surface area contributed by atoms with E-state index in [1.165, 1.54) is 18.2 Å². The summed E-state index contributed by atoms with van der Waals surface area (Å²) >= 11 is 0. The van der Waals surface area contributed by atoms with E-state index in [-0.39, 0.29) is 21.8 Å². The highest BCUT2D eigenvalue weighted by atomic mass is 32.2. The second-order valence-corrected chi connectivity index (χ2v) is 5.60. The average Bonchev–Trinajstić information content (AvgIpc) is 2.46. The summed E-state index contributed by atoms with van der Waals surface area (Å²) < 4.78 is 28.0. The normalized spacial score (nSPS) is 10.7. The van der Waals surface area contributed by atoms with Crippen molar-refractivity contribution in [2.24, 2.45) is 5.14 Å². The zero-order chi connectivity index (χ0) is 15.5. The molecule has 0 amide bonds. The molecular formula is C14H10N2O4S. The Bertz CT molecular complexity index is 824. The van der Waals surface area contributed by atoms with Crippen molar-refractivity contribution in [2.75, 3.05) is 0 Å². The summed E-state index contributed by atoms with van der Waals surface area (Å²) in [6.45, 7) is 0. The molecule has 2 aromatic rings. The molecule has 0 saturated heterocycles. The molecule has 0 atom stereocenters. The van der Waals surface area contributed by atoms with Crippen LogP contribution in [-0.4, -0.2) is 14.4 Å². The number of nitrogens with zero attached hydrogens (tertiary/aromatic N) is 1. The Morgan fingerprint density at radius 1 is 1.14 bits per heavy atom. The van der Waals surface area contributed by atoms with Gasteiger partial charge >= 0.3 is 5.97 Å². The maximum atomic E-state index is 12.0. The number of benzene rings is 2. The number of hydrogen-bond donors (Lipinski definition) is 1. The van der Waals surface area contributed by atoms with Crippen LogP contribution in [0.3, 0.4) is 0 Å². The van der Waals surface area contributed by atoms with Gasteiger partial charge in [0.15, 0.2) is 5.75 Å². The molecule has 0 spiro atoms. The van der Waals surface area contributed by atoms with Crippen molar-refractivity contribution in [3.63, 3.8) is 0 Å². The fraction of sp³-hybridized carbons (Fsp3) is 0. The van der Waals surface area contributed by atoms with E-state index < -0.39 is 16.0 Å². The highest BCUT2D eigenvalue weighted by Crippen LogP contribution is 2.25. The maximum absolute atomic E-state index is 12.0. The monoisotopic (exact) mass is 302 g/mol. The Hall–Kier alpha value is -2.69. The lowest BCUT2D eigenvalue weighted by atomic mass is 10.2. The molecule has 0 aliphatic carbocycles. The van der Waals surface area contributed by atoms with Crippen molar-refractivity contribution in [1.82, 2.24) is 0 Å². The molecule has 0 aromatic heterocycles. The summed E-state index contributed by atoms with van der Waals surface area (Å²) in [7, 11) is -4.07. The van der Waals surface area contributed by atoms with E-state index in [1.54, 1.807) is 18.2 Å². The van der Waals surface area contributed by atoms with Crippen LogP contribution in [-0.2, 0) is 10.0 Å². The molecular weight excluding hydrogens is 292 g/mol. The predicted molar refractivity (Wildman–Crippen MR) is 73.9 cm³/mol. The van der Waals surface area contributed by atoms with Gasteiger partial charge in [-0.2, -0.15) is 5.26 Å². The lowest BCUT2D eigenvalue weighted by Gasteiger charge is -2.09. The molecule has 7 heteroatoms. The van der Waals surface area contributed by atoms with Gasteiger partial charge in [-0.25, -0.2) is 18.4 Å². The quantitative estimate of drug-likeness (QED) is 0.681. The molecule has 0 bridgehead atoms. The van der Waals surface area contributed by atoms with Crippen molar-refractivity contribution in [3.05, 3.63) is 59.7 Å². The third kappa shape index (κ3) is 3.45. The second kappa shape index (κ2) is 5.75. The predicted octanol–water partition coefficient (Wildman–Crippen LogP) is 1.42. The summed E-state index contributed by atoms with van der Waals surface area (Å²) in [5.74, 6) is -1.01. The Kier molecular flexibility index (Phi) is 4.03. The SMILES string of the molecule is N#Cc1ccc(S(N)(=O)=O)c(OC(=O)c2ccccc2)c1. The van der Waals surface area contributed by atoms with E-state index in [0.29, 0.717) is 0 Å². The van der Waals surface area contributed by atoms with Crippen LogP contribution < -0.4 is 9.88 Å². The van der Waals surface area contributed by atoms with Crippen LogP contribution in [0, 0.1) is 11.3 Å². The van der Waals surface area contributed by atoms with E-state index in [2.05, 4.69) is 0 Å². The number of carbonyl (C=O) groups excluding carboxylic acids is 1. The van der Waals surface area contributed by atoms with Crippen LogP contribution in [0.15, 0.2) is 53.4 Å². The topological polar surface area (TPSA) is 110 Å². The van der Waals surface area contributed by atoms with Gasteiger partial charge in [-0.15, -0.1) is 0 Å². The van der Waals surface area contributed by atoms with Crippen molar-refractivity contribution in [1.29, 1.82) is 5.26 Å². The highest BCUT2D eigenvalue weighted by Gasteiger charge is 2.19. The summed E-state index contributed by atoms with van der Waals surface area (Å²) in [5, 5.41) is 13.9. The summed E-state index contributed by atoms with van der Waals surface area (Å²) in [5.41, 5.74) is 0.401. The van der Waals surface area contributed by atoms with Gasteiger partial charge < -0.3 is 4.74 Å². The first-order valence-corrected chi connectivity index (χ1v) is 7.30. The van der Waals surface area contributed by atoms with Gasteiger partial charge in [-0.05, 0) is 24.3 Å². The number of rotatable bonds is 3. The number of ether oxygens (including phenoxy) is 1. The van der Waals surface area contributed by atoms with Gasteiger partial charge in [0, 0.05) is 6.07 Å². The zero-order valence-corrected chi connectivity index (χ0v) is 11.5. The van der Waals surface area contributed by atoms with Gasteiger partial charge in [0.1, 0.15) is 4.90 Å². The van der Waals surface area contributed by atoms with E-state index in [4.69, 9.17) is 15.1 Å². The Morgan fingerprint density at radius 3 is 2.38 bits per heavy atom. The third-order valence-corrected chi connectivity index (χ3v) is 3.54. The van der Waals surface area contributed by atoms with Crippen LogP contribution in [0.5, 0.6) is 5.75 Å². The number of esters is 1. The molecule has 0 unspecified atom stereocenters. The first-order valence-electron chi connectivity index (χ1n) is 5.76. The fourth-order valence-electron chi connectivity index (χ4n) is 1.63. The van der Waals surface area contributed by atoms with Gasteiger partial charge in [0.2, 0.25) is 10.0 Å². The Labute approximate surface area is 121 Å². The molecule has 0 fully saturated rings. The van der Waals surface area contributed by atoms with E-state index >= 15 is 0 Å². The van der Waals surface area contributed by atoms with Crippen LogP contribution in [0.25, 0.3) is 0 Å². The number of hydrogen-bond acceptors (Lipinski definition) is 5. The molecule has 21 heavy (non-hydrogen) atoms. The van der Waals surface area contributed by atoms with E-state index in [9.17, 15) is 13.2 Å². The lowest BCUT2D eigenvalue weighted by Crippen LogP contribution is -2.16. The summed E-state index contributed by atoms with van der Waals surface area (Å²) in [4.78, 5) is 11.6. The highest BCUT2D eigenvalue weighted by molar-refractivity contribution is 7.89. The second-order valence-electron chi connectivity index (χ2n) is 4.07. The molecule has 6 nitrogen and oxygen atoms in total. The molecule has 2 N–H and O–H groups in total. The lowest BCUT2D eigenvalue weighted by molar-refractivity contribution is 0.0730. The smallest absolute Gasteiger partial charge is 0.343 e. The first kappa shape index (κ1) is 14.7. The molecule has 0 aliphatic heterocycles. The van der Waals surface area contributed by atoms with Crippen LogP contribution >= 0.6 is 0 Å². The molecule has 106 valence electrons. The summed E-state index contributed by atoms with van der Waals surface area (Å²) in [6.07, 6.45) is 0. The maximum Gasteiger partial charge on any atom is 0.343 e. The number of nitrogens with two attached hydrogens (primary N) is 1. The van der Waals surface area contributed by atoms with Crippen molar-refractivity contribution in [2.45, 2.75) is 4.90 Å². The van der Waals surface area contributed by atoms with E-state index in [1.807, 2.05) is 6.07 Å². The number of carbonyl (C=O) groups is 1.